The van der Waals surface area contributed by atoms with Crippen molar-refractivity contribution in [2.24, 2.45) is 0 Å². The third-order valence-electron chi connectivity index (χ3n) is 4.89. The normalized spacial score (nSPS) is 16.7. The lowest BCUT2D eigenvalue weighted by Crippen LogP contribution is -2.31. The van der Waals surface area contributed by atoms with Gasteiger partial charge in [-0.3, -0.25) is 9.78 Å². The smallest absolute Gasteiger partial charge is 0.435 e. The summed E-state index contributed by atoms with van der Waals surface area (Å²) in [5.41, 5.74) is -2.29. The number of carbonyl (C=O) groups excluding carboxylic acids is 1. The van der Waals surface area contributed by atoms with Gasteiger partial charge < -0.3 is 19.2 Å². The molecule has 1 aliphatic heterocycles. The van der Waals surface area contributed by atoms with Crippen LogP contribution in [0.4, 0.5) is 33.5 Å². The van der Waals surface area contributed by atoms with Gasteiger partial charge in [0.1, 0.15) is 0 Å². The zero-order chi connectivity index (χ0) is 23.7. The van der Waals surface area contributed by atoms with Crippen LogP contribution < -0.4 is 10.2 Å². The molecule has 1 fully saturated rings. The minimum Gasteiger partial charge on any atom is -0.439 e. The first-order valence-electron chi connectivity index (χ1n) is 9.37. The highest BCUT2D eigenvalue weighted by atomic mass is 32.2. The van der Waals surface area contributed by atoms with E-state index in [1.54, 1.807) is 0 Å². The number of halogens is 5. The van der Waals surface area contributed by atoms with E-state index < -0.39 is 51.8 Å². The second-order valence-corrected chi connectivity index (χ2v) is 8.13. The summed E-state index contributed by atoms with van der Waals surface area (Å²) in [6.45, 7) is 0.899. The minimum atomic E-state index is -4.89. The molecule has 2 aromatic heterocycles. The van der Waals surface area contributed by atoms with Crippen LogP contribution in [0.15, 0.2) is 23.4 Å². The molecule has 0 aromatic carbocycles. The predicted octanol–water partition coefficient (Wildman–Crippen LogP) is 4.41. The number of pyridine rings is 1. The lowest BCUT2D eigenvalue weighted by molar-refractivity contribution is -0.142. The average Bonchev–Trinajstić information content (AvgIpc) is 2.87. The molecule has 2 N–H and O–H groups in total. The Morgan fingerprint density at radius 3 is 2.66 bits per heavy atom. The number of nitrogens with one attached hydrogen (secondary N) is 2. The van der Waals surface area contributed by atoms with Gasteiger partial charge in [-0.15, -0.1) is 20.8 Å². The molecular weight excluding hydrogens is 459 g/mol. The molecule has 1 amide bonds. The van der Waals surface area contributed by atoms with E-state index in [2.05, 4.69) is 20.5 Å². The summed E-state index contributed by atoms with van der Waals surface area (Å²) >= 11 is 0. The van der Waals surface area contributed by atoms with Gasteiger partial charge in [-0.25, -0.2) is 8.78 Å². The first kappa shape index (κ1) is 23.8. The Labute approximate surface area is 182 Å². The van der Waals surface area contributed by atoms with Crippen molar-refractivity contribution in [1.82, 2.24) is 15.2 Å². The molecule has 3 heterocycles. The molecule has 176 valence electrons. The fourth-order valence-electron chi connectivity index (χ4n) is 3.33. The third kappa shape index (κ3) is 5.29. The molecule has 2 aromatic rings. The number of nitrogens with zero attached hydrogens (tertiary/aromatic N) is 4. The molecule has 0 aliphatic carbocycles. The van der Waals surface area contributed by atoms with Gasteiger partial charge in [-0.05, 0) is 36.1 Å². The van der Waals surface area contributed by atoms with Crippen molar-refractivity contribution < 1.29 is 32.4 Å². The van der Waals surface area contributed by atoms with Crippen LogP contribution in [0.2, 0.25) is 0 Å². The van der Waals surface area contributed by atoms with Gasteiger partial charge in [-0.1, -0.05) is 0 Å². The summed E-state index contributed by atoms with van der Waals surface area (Å²) in [4.78, 5) is 18.0. The van der Waals surface area contributed by atoms with Crippen LogP contribution in [0.5, 0.6) is 0 Å². The molecule has 1 aliphatic rings. The number of carbonyl (C=O) groups is 1. The van der Waals surface area contributed by atoms with E-state index in [0.29, 0.717) is 0 Å². The van der Waals surface area contributed by atoms with Crippen LogP contribution in [0.25, 0.3) is 0 Å². The molecule has 1 saturated heterocycles. The Morgan fingerprint density at radius 1 is 1.28 bits per heavy atom. The number of amides is 1. The van der Waals surface area contributed by atoms with Gasteiger partial charge in [0, 0.05) is 39.2 Å². The Morgan fingerprint density at radius 2 is 2.00 bits per heavy atom. The highest BCUT2D eigenvalue weighted by Gasteiger charge is 2.39. The quantitative estimate of drug-likeness (QED) is 0.496. The van der Waals surface area contributed by atoms with Crippen molar-refractivity contribution in [1.29, 1.82) is 4.78 Å². The van der Waals surface area contributed by atoms with E-state index in [1.807, 2.05) is 0 Å². The van der Waals surface area contributed by atoms with Crippen molar-refractivity contribution in [3.8, 4) is 0 Å². The second kappa shape index (κ2) is 8.92. The molecule has 0 spiro atoms. The number of anilines is 2. The molecule has 3 rings (SSSR count). The first-order chi connectivity index (χ1) is 14.9. The topological polar surface area (TPSA) is 112 Å². The van der Waals surface area contributed by atoms with Crippen LogP contribution >= 0.6 is 0 Å². The lowest BCUT2D eigenvalue weighted by Gasteiger charge is -2.25. The zero-order valence-corrected chi connectivity index (χ0v) is 17.5. The van der Waals surface area contributed by atoms with Crippen molar-refractivity contribution in [3.05, 3.63) is 35.2 Å². The van der Waals surface area contributed by atoms with Crippen molar-refractivity contribution in [3.63, 3.8) is 0 Å². The Bertz CT molecular complexity index is 1100. The largest absolute Gasteiger partial charge is 0.439 e. The van der Waals surface area contributed by atoms with Gasteiger partial charge in [0.25, 0.3) is 5.91 Å². The number of hydrogen-bond acceptors (Lipinski definition) is 8. The highest BCUT2D eigenvalue weighted by Crippen LogP contribution is 2.36. The maximum atomic E-state index is 13.8. The van der Waals surface area contributed by atoms with Crippen LogP contribution in [-0.4, -0.2) is 40.1 Å². The molecule has 32 heavy (non-hydrogen) atoms. The van der Waals surface area contributed by atoms with Crippen LogP contribution in [0.1, 0.15) is 42.3 Å². The molecule has 0 atom stereocenters. The molecule has 0 bridgehead atoms. The van der Waals surface area contributed by atoms with Gasteiger partial charge in [0.05, 0.1) is 5.56 Å². The SMILES string of the molecule is Cc1c(C(F)(F)F)nnc(N2CCCC(F)(F)CC2)c1C(=O)Nc1ccnc([S-](=N)=O)c1.[HH]. The van der Waals surface area contributed by atoms with Crippen LogP contribution in [-0.2, 0) is 21.0 Å². The van der Waals surface area contributed by atoms with Crippen LogP contribution in [0, 0.1) is 11.7 Å². The maximum Gasteiger partial charge on any atom is 0.435 e. The first-order valence-corrected chi connectivity index (χ1v) is 10.5. The monoisotopic (exact) mass is 479 g/mol. The standard InChI is InChI=1S/C18H18F5N6O2S.H2/c1-10-13(16(30)26-11-3-6-25-12(9-11)32(24)31)15(28-27-14(10)18(21,22)23)29-7-2-4-17(19,20)5-8-29;/h3,6,9,24H,2,4-5,7-8H2,1H3,(H,25,26,30);1H/q-1;. The summed E-state index contributed by atoms with van der Waals surface area (Å²) in [7, 11) is -2.20. The van der Waals surface area contributed by atoms with Gasteiger partial charge in [-0.2, -0.15) is 13.2 Å². The van der Waals surface area contributed by atoms with E-state index in [9.17, 15) is 31.0 Å². The van der Waals surface area contributed by atoms with Gasteiger partial charge in [0.2, 0.25) is 5.92 Å². The van der Waals surface area contributed by atoms with Gasteiger partial charge in [0.15, 0.2) is 11.5 Å². The fraction of sp³-hybridized carbons (Fsp3) is 0.444. The van der Waals surface area contributed by atoms with Crippen molar-refractivity contribution >= 4 is 28.0 Å². The van der Waals surface area contributed by atoms with E-state index >= 15 is 0 Å². The third-order valence-corrected chi connectivity index (χ3v) is 5.50. The Hall–Kier alpha value is -2.90. The zero-order valence-electron chi connectivity index (χ0n) is 16.7. The van der Waals surface area contributed by atoms with E-state index in [4.69, 9.17) is 4.78 Å². The summed E-state index contributed by atoms with van der Waals surface area (Å²) in [6, 6.07) is 2.44. The fourth-order valence-corrected chi connectivity index (χ4v) is 3.72. The molecule has 0 unspecified atom stereocenters. The summed E-state index contributed by atoms with van der Waals surface area (Å²) in [6.07, 6.45) is -4.59. The molecule has 0 saturated carbocycles. The summed E-state index contributed by atoms with van der Waals surface area (Å²) in [5, 5.41) is 9.02. The summed E-state index contributed by atoms with van der Waals surface area (Å²) in [5.74, 6) is -4.14. The molecule has 14 heteroatoms. The summed E-state index contributed by atoms with van der Waals surface area (Å²) < 4.78 is 86.2. The lowest BCUT2D eigenvalue weighted by atomic mass is 10.1. The van der Waals surface area contributed by atoms with E-state index in [1.165, 1.54) is 17.2 Å². The average molecular weight is 479 g/mol. The Kier molecular flexibility index (Phi) is 6.62. The molecular formula is C18H20F5N6O2S-. The van der Waals surface area contributed by atoms with E-state index in [-0.39, 0.29) is 43.9 Å². The molecule has 8 nitrogen and oxygen atoms in total. The highest BCUT2D eigenvalue weighted by molar-refractivity contribution is 7.73. The number of rotatable bonds is 4. The molecule has 0 radical (unpaired) electrons. The maximum absolute atomic E-state index is 13.8. The van der Waals surface area contributed by atoms with Crippen molar-refractivity contribution in [2.45, 2.75) is 43.3 Å². The predicted molar refractivity (Wildman–Crippen MR) is 106 cm³/mol. The number of aromatic nitrogens is 3. The number of alkyl halides is 5. The van der Waals surface area contributed by atoms with E-state index in [0.717, 1.165) is 13.0 Å². The second-order valence-electron chi connectivity index (χ2n) is 7.17. The minimum absolute atomic E-state index is 0. The van der Waals surface area contributed by atoms with Crippen molar-refractivity contribution in [2.75, 3.05) is 23.3 Å². The van der Waals surface area contributed by atoms with Crippen LogP contribution in [0.3, 0.4) is 0 Å². The Balaban J connectivity index is 0.00000385. The van der Waals surface area contributed by atoms with Gasteiger partial charge >= 0.3 is 6.18 Å². The number of hydrogen-bond donors (Lipinski definition) is 2.